The van der Waals surface area contributed by atoms with Gasteiger partial charge in [-0.2, -0.15) is 4.98 Å². The average molecular weight is 467 g/mol. The summed E-state index contributed by atoms with van der Waals surface area (Å²) in [5.74, 6) is 3.66. The zero-order valence-electron chi connectivity index (χ0n) is 17.2. The number of hydrogen-bond donors (Lipinski definition) is 4. The van der Waals surface area contributed by atoms with Gasteiger partial charge in [-0.25, -0.2) is 24.1 Å². The molecule has 0 saturated carbocycles. The van der Waals surface area contributed by atoms with E-state index in [0.29, 0.717) is 22.0 Å². The Bertz CT molecular complexity index is 1350. The van der Waals surface area contributed by atoms with E-state index in [9.17, 15) is 9.18 Å². The Hall–Kier alpha value is -4.16. The number of anilines is 2. The van der Waals surface area contributed by atoms with Crippen LogP contribution in [-0.2, 0) is 6.61 Å². The van der Waals surface area contributed by atoms with E-state index in [0.717, 1.165) is 10.6 Å². The number of carbonyl (C=O) groups is 1. The molecule has 6 N–H and O–H groups in total. The molecule has 168 valence electrons. The summed E-state index contributed by atoms with van der Waals surface area (Å²) in [5, 5.41) is 9.65. The molecule has 0 aliphatic rings. The van der Waals surface area contributed by atoms with E-state index in [1.807, 2.05) is 19.1 Å². The number of hydrogen-bond acceptors (Lipinski definition) is 10. The number of thiazole rings is 1. The first-order valence-electron chi connectivity index (χ1n) is 9.54. The number of nitrogens with two attached hydrogens (primary N) is 2. The van der Waals surface area contributed by atoms with Crippen molar-refractivity contribution in [1.29, 1.82) is 0 Å². The number of nitrogens with zero attached hydrogens (tertiary/aromatic N) is 4. The van der Waals surface area contributed by atoms with Crippen LogP contribution in [0.1, 0.15) is 21.2 Å². The topological polar surface area (TPSA) is 162 Å². The number of aromatic carboxylic acids is 1. The first kappa shape index (κ1) is 22.0. The second-order valence-corrected chi connectivity index (χ2v) is 7.90. The summed E-state index contributed by atoms with van der Waals surface area (Å²) in [4.78, 5) is 28.7. The fraction of sp³-hybridized carbons (Fsp3) is 0.0952. The molecule has 0 aliphatic carbocycles. The van der Waals surface area contributed by atoms with E-state index in [4.69, 9.17) is 21.4 Å². The lowest BCUT2D eigenvalue weighted by Crippen LogP contribution is -2.10. The van der Waals surface area contributed by atoms with Crippen molar-refractivity contribution >= 4 is 28.7 Å². The predicted molar refractivity (Wildman–Crippen MR) is 121 cm³/mol. The van der Waals surface area contributed by atoms with Gasteiger partial charge in [0.2, 0.25) is 0 Å². The van der Waals surface area contributed by atoms with Crippen LogP contribution in [0, 0.1) is 12.7 Å². The van der Waals surface area contributed by atoms with E-state index >= 15 is 0 Å². The van der Waals surface area contributed by atoms with Gasteiger partial charge >= 0.3 is 12.0 Å². The minimum absolute atomic E-state index is 0.0564. The highest BCUT2D eigenvalue weighted by atomic mass is 32.1. The number of carboxylic acids is 1. The van der Waals surface area contributed by atoms with Crippen LogP contribution in [0.5, 0.6) is 6.01 Å². The van der Waals surface area contributed by atoms with E-state index in [1.165, 1.54) is 29.7 Å². The SMILES string of the molecule is Cc1nc(COc2nccc(C(=O)O)n2)sc1-c1cccc(-c2cc(F)c(N)c(NN)c2)n1. The number of nitrogens with one attached hydrogen (secondary N) is 1. The van der Waals surface area contributed by atoms with Crippen LogP contribution in [0.15, 0.2) is 42.6 Å². The van der Waals surface area contributed by atoms with Gasteiger partial charge in [0, 0.05) is 11.8 Å². The van der Waals surface area contributed by atoms with Crippen LogP contribution in [0.3, 0.4) is 0 Å². The number of carboxylic acid groups (broad SMARTS) is 1. The summed E-state index contributed by atoms with van der Waals surface area (Å²) in [7, 11) is 0. The lowest BCUT2D eigenvalue weighted by molar-refractivity contribution is 0.0688. The molecule has 4 aromatic rings. The van der Waals surface area contributed by atoms with Crippen LogP contribution >= 0.6 is 11.3 Å². The normalized spacial score (nSPS) is 10.8. The molecule has 12 heteroatoms. The van der Waals surface area contributed by atoms with E-state index in [2.05, 4.69) is 25.4 Å². The minimum atomic E-state index is -1.17. The monoisotopic (exact) mass is 467 g/mol. The van der Waals surface area contributed by atoms with E-state index < -0.39 is 11.8 Å². The molecule has 0 aliphatic heterocycles. The molecule has 0 amide bonds. The van der Waals surface area contributed by atoms with Gasteiger partial charge in [-0.1, -0.05) is 6.07 Å². The van der Waals surface area contributed by atoms with E-state index in [-0.39, 0.29) is 29.7 Å². The molecule has 0 bridgehead atoms. The Morgan fingerprint density at radius 2 is 2.00 bits per heavy atom. The first-order valence-corrected chi connectivity index (χ1v) is 10.4. The largest absolute Gasteiger partial charge is 0.477 e. The lowest BCUT2D eigenvalue weighted by Gasteiger charge is -2.10. The zero-order valence-corrected chi connectivity index (χ0v) is 18.1. The minimum Gasteiger partial charge on any atom is -0.477 e. The first-order chi connectivity index (χ1) is 15.9. The maximum atomic E-state index is 14.2. The second kappa shape index (κ2) is 9.14. The van der Waals surface area contributed by atoms with Gasteiger partial charge in [0.15, 0.2) is 5.69 Å². The molecule has 3 heterocycles. The van der Waals surface area contributed by atoms with Crippen molar-refractivity contribution in [2.75, 3.05) is 11.2 Å². The van der Waals surface area contributed by atoms with Crippen LogP contribution in [0.25, 0.3) is 21.8 Å². The standard InChI is InChI=1S/C21H18FN7O3S/c1-10-19(33-17(26-10)9-32-21-25-6-5-15(28-21)20(30)31)14-4-2-3-13(27-14)11-7-12(22)18(23)16(8-11)29-24/h2-8,29H,9,23-24H2,1H3,(H,30,31). The molecular weight excluding hydrogens is 449 g/mol. The molecule has 0 spiro atoms. The highest BCUT2D eigenvalue weighted by Gasteiger charge is 2.15. The van der Waals surface area contributed by atoms with Crippen LogP contribution in [0.4, 0.5) is 15.8 Å². The van der Waals surface area contributed by atoms with Crippen molar-refractivity contribution in [1.82, 2.24) is 19.9 Å². The number of rotatable bonds is 7. The Kier molecular flexibility index (Phi) is 6.11. The van der Waals surface area contributed by atoms with Gasteiger partial charge in [-0.15, -0.1) is 11.3 Å². The van der Waals surface area contributed by atoms with Gasteiger partial charge in [0.25, 0.3) is 0 Å². The number of aryl methyl sites for hydroxylation is 1. The number of halogens is 1. The maximum absolute atomic E-state index is 14.2. The Morgan fingerprint density at radius 3 is 2.76 bits per heavy atom. The summed E-state index contributed by atoms with van der Waals surface area (Å²) in [6.07, 6.45) is 1.31. The molecule has 10 nitrogen and oxygen atoms in total. The fourth-order valence-electron chi connectivity index (χ4n) is 3.01. The number of nitrogen functional groups attached to an aromatic ring is 2. The molecule has 4 rings (SSSR count). The molecule has 1 aromatic carbocycles. The number of aromatic nitrogens is 4. The molecular formula is C21H18FN7O3S. The molecule has 3 aromatic heterocycles. The van der Waals surface area contributed by atoms with Crippen molar-refractivity contribution in [3.05, 3.63) is 64.8 Å². The van der Waals surface area contributed by atoms with Gasteiger partial charge < -0.3 is 21.0 Å². The molecule has 0 fully saturated rings. The van der Waals surface area contributed by atoms with Gasteiger partial charge in [0.05, 0.1) is 33.3 Å². The quantitative estimate of drug-likeness (QED) is 0.180. The summed E-state index contributed by atoms with van der Waals surface area (Å²) in [6, 6.07) is 9.52. The smallest absolute Gasteiger partial charge is 0.354 e. The average Bonchev–Trinajstić information content (AvgIpc) is 3.20. The number of pyridine rings is 1. The van der Waals surface area contributed by atoms with E-state index in [1.54, 1.807) is 12.1 Å². The van der Waals surface area contributed by atoms with Crippen molar-refractivity contribution in [2.45, 2.75) is 13.5 Å². The predicted octanol–water partition coefficient (Wildman–Crippen LogP) is 3.25. The van der Waals surface area contributed by atoms with Gasteiger partial charge in [-0.3, -0.25) is 5.84 Å². The Balaban J connectivity index is 1.58. The maximum Gasteiger partial charge on any atom is 0.354 e. The third kappa shape index (κ3) is 4.71. The van der Waals surface area contributed by atoms with Crippen LogP contribution in [0.2, 0.25) is 0 Å². The highest BCUT2D eigenvalue weighted by Crippen LogP contribution is 2.33. The van der Waals surface area contributed by atoms with Crippen molar-refractivity contribution in [2.24, 2.45) is 5.84 Å². The second-order valence-electron chi connectivity index (χ2n) is 6.81. The lowest BCUT2D eigenvalue weighted by atomic mass is 10.1. The highest BCUT2D eigenvalue weighted by molar-refractivity contribution is 7.15. The Morgan fingerprint density at radius 1 is 1.21 bits per heavy atom. The van der Waals surface area contributed by atoms with Gasteiger partial charge in [0.1, 0.15) is 17.4 Å². The molecule has 0 unspecified atom stereocenters. The van der Waals surface area contributed by atoms with Crippen molar-refractivity contribution < 1.29 is 19.0 Å². The number of benzene rings is 1. The summed E-state index contributed by atoms with van der Waals surface area (Å²) in [5.41, 5.74) is 10.5. The summed E-state index contributed by atoms with van der Waals surface area (Å²) >= 11 is 1.36. The third-order valence-electron chi connectivity index (χ3n) is 4.58. The fourth-order valence-corrected chi connectivity index (χ4v) is 3.96. The van der Waals surface area contributed by atoms with Gasteiger partial charge in [-0.05, 0) is 37.3 Å². The Labute approximate surface area is 191 Å². The van der Waals surface area contributed by atoms with Crippen molar-refractivity contribution in [3.63, 3.8) is 0 Å². The van der Waals surface area contributed by atoms with Crippen LogP contribution < -0.4 is 21.7 Å². The molecule has 0 radical (unpaired) electrons. The third-order valence-corrected chi connectivity index (χ3v) is 5.73. The summed E-state index contributed by atoms with van der Waals surface area (Å²) in [6.45, 7) is 1.90. The molecule has 0 atom stereocenters. The van der Waals surface area contributed by atoms with Crippen LogP contribution in [-0.4, -0.2) is 31.0 Å². The molecule has 33 heavy (non-hydrogen) atoms. The molecule has 0 saturated heterocycles. The van der Waals surface area contributed by atoms with Crippen molar-refractivity contribution in [3.8, 4) is 27.8 Å². The number of ether oxygens (including phenoxy) is 1. The summed E-state index contributed by atoms with van der Waals surface area (Å²) < 4.78 is 19.7. The number of hydrazine groups is 1. The zero-order chi connectivity index (χ0) is 23.5.